The number of anilines is 3. The number of hydrogen-bond acceptors (Lipinski definition) is 7. The van der Waals surface area contributed by atoms with Gasteiger partial charge in [-0.15, -0.1) is 0 Å². The second kappa shape index (κ2) is 6.46. The molecule has 0 aliphatic heterocycles. The smallest absolute Gasteiger partial charge is 0.255 e. The molecule has 0 aliphatic rings. The first-order valence-electron chi connectivity index (χ1n) is 7.59. The fourth-order valence-electron chi connectivity index (χ4n) is 2.77. The molecule has 10 heteroatoms. The number of alkyl halides is 2. The van der Waals surface area contributed by atoms with E-state index < -0.39 is 19.0 Å². The van der Waals surface area contributed by atoms with Crippen molar-refractivity contribution >= 4 is 28.6 Å². The largest absolute Gasteiger partial charge is 0.383 e. The van der Waals surface area contributed by atoms with E-state index >= 15 is 0 Å². The first-order chi connectivity index (χ1) is 11.9. The summed E-state index contributed by atoms with van der Waals surface area (Å²) in [4.78, 5) is 13.8. The molecular weight excluding hydrogens is 330 g/mol. The maximum atomic E-state index is 13.3. The van der Waals surface area contributed by atoms with Crippen LogP contribution in [0.1, 0.15) is 18.5 Å². The van der Waals surface area contributed by atoms with Crippen LogP contribution in [0.3, 0.4) is 0 Å². The van der Waals surface area contributed by atoms with Gasteiger partial charge in [-0.05, 0) is 13.0 Å². The Hall–Kier alpha value is -3.04. The van der Waals surface area contributed by atoms with Crippen LogP contribution in [0.5, 0.6) is 0 Å². The molecule has 0 radical (unpaired) electrons. The lowest BCUT2D eigenvalue weighted by atomic mass is 10.1. The van der Waals surface area contributed by atoms with E-state index in [1.807, 2.05) is 0 Å². The number of halogens is 2. The summed E-state index contributed by atoms with van der Waals surface area (Å²) in [7, 11) is 1.69. The summed E-state index contributed by atoms with van der Waals surface area (Å²) in [5, 5.41) is 4.65. The van der Waals surface area contributed by atoms with Crippen LogP contribution < -0.4 is 16.4 Å². The van der Waals surface area contributed by atoms with E-state index in [1.54, 1.807) is 32.3 Å². The van der Waals surface area contributed by atoms with E-state index in [1.165, 1.54) is 15.8 Å². The third-order valence-corrected chi connectivity index (χ3v) is 3.98. The van der Waals surface area contributed by atoms with Gasteiger partial charge >= 0.3 is 0 Å². The van der Waals surface area contributed by atoms with Gasteiger partial charge in [0.15, 0.2) is 5.65 Å². The van der Waals surface area contributed by atoms with Gasteiger partial charge in [0.25, 0.3) is 6.43 Å². The maximum Gasteiger partial charge on any atom is 0.255 e. The van der Waals surface area contributed by atoms with Gasteiger partial charge < -0.3 is 16.4 Å². The average Bonchev–Trinajstić information content (AvgIpc) is 2.93. The van der Waals surface area contributed by atoms with Crippen molar-refractivity contribution in [2.75, 3.05) is 22.9 Å². The number of nitrogens with two attached hydrogens (primary N) is 2. The lowest BCUT2D eigenvalue weighted by Crippen LogP contribution is -2.33. The van der Waals surface area contributed by atoms with Crippen molar-refractivity contribution in [1.82, 2.24) is 24.7 Å². The van der Waals surface area contributed by atoms with Crippen LogP contribution in [0, 0.1) is 0 Å². The zero-order valence-electron chi connectivity index (χ0n) is 13.8. The van der Waals surface area contributed by atoms with Crippen molar-refractivity contribution in [3.63, 3.8) is 0 Å². The monoisotopic (exact) mass is 348 g/mol. The highest BCUT2D eigenvalue weighted by Gasteiger charge is 2.26. The Morgan fingerprint density at radius 3 is 2.72 bits per heavy atom. The van der Waals surface area contributed by atoms with Crippen LogP contribution in [-0.4, -0.2) is 37.7 Å². The molecule has 0 unspecified atom stereocenters. The molecule has 0 bridgehead atoms. The summed E-state index contributed by atoms with van der Waals surface area (Å²) in [6.45, 7) is 1.21. The van der Waals surface area contributed by atoms with Crippen molar-refractivity contribution in [2.24, 2.45) is 7.05 Å². The molecule has 132 valence electrons. The minimum absolute atomic E-state index is 0.0169. The zero-order valence-corrected chi connectivity index (χ0v) is 13.8. The number of pyridine rings is 1. The standard InChI is InChI=1S/C15H18F2N8/c1-8(9-4-3-5-20-12(9)18)25(7-11(16)17)14-10-6-21-24(2)13(10)22-15(19)23-14/h3-6,8,11H,7H2,1-2H3,(H2,18,20)(H2,19,22,23)/t8-/m0/s1. The Morgan fingerprint density at radius 1 is 1.28 bits per heavy atom. The summed E-state index contributed by atoms with van der Waals surface area (Å²) >= 11 is 0. The number of nitrogens with zero attached hydrogens (tertiary/aromatic N) is 6. The van der Waals surface area contributed by atoms with Gasteiger partial charge in [0.1, 0.15) is 11.6 Å². The van der Waals surface area contributed by atoms with Gasteiger partial charge in [-0.2, -0.15) is 15.1 Å². The molecule has 0 saturated carbocycles. The van der Waals surface area contributed by atoms with E-state index in [0.717, 1.165) is 0 Å². The summed E-state index contributed by atoms with van der Waals surface area (Å²) in [6.07, 6.45) is 0.496. The molecule has 0 saturated heterocycles. The molecule has 0 aliphatic carbocycles. The molecular formula is C15H18F2N8. The SMILES string of the molecule is C[C@@H](c1cccnc1N)N(CC(F)F)c1nc(N)nc2c1cnn2C. The van der Waals surface area contributed by atoms with Gasteiger partial charge in [-0.3, -0.25) is 4.68 Å². The second-order valence-electron chi connectivity index (χ2n) is 5.61. The summed E-state index contributed by atoms with van der Waals surface area (Å²) in [5.41, 5.74) is 12.8. The Kier molecular flexibility index (Phi) is 4.34. The van der Waals surface area contributed by atoms with E-state index in [4.69, 9.17) is 11.5 Å². The normalized spacial score (nSPS) is 12.7. The number of rotatable bonds is 5. The maximum absolute atomic E-state index is 13.3. The molecule has 0 fully saturated rings. The van der Waals surface area contributed by atoms with Crippen LogP contribution in [0.25, 0.3) is 11.0 Å². The van der Waals surface area contributed by atoms with Crippen LogP contribution >= 0.6 is 0 Å². The van der Waals surface area contributed by atoms with E-state index in [2.05, 4.69) is 20.1 Å². The van der Waals surface area contributed by atoms with Crippen molar-refractivity contribution < 1.29 is 8.78 Å². The molecule has 0 aromatic carbocycles. The van der Waals surface area contributed by atoms with Crippen LogP contribution in [0.15, 0.2) is 24.5 Å². The lowest BCUT2D eigenvalue weighted by Gasteiger charge is -2.31. The first kappa shape index (κ1) is 16.8. The number of aryl methyl sites for hydroxylation is 1. The molecule has 25 heavy (non-hydrogen) atoms. The number of hydrogen-bond donors (Lipinski definition) is 2. The lowest BCUT2D eigenvalue weighted by molar-refractivity contribution is 0.152. The third kappa shape index (κ3) is 3.14. The van der Waals surface area contributed by atoms with Gasteiger partial charge in [-0.1, -0.05) is 6.07 Å². The van der Waals surface area contributed by atoms with Gasteiger partial charge in [0, 0.05) is 18.8 Å². The molecule has 0 spiro atoms. The predicted octanol–water partition coefficient (Wildman–Crippen LogP) is 1.76. The average molecular weight is 348 g/mol. The quantitative estimate of drug-likeness (QED) is 0.722. The second-order valence-corrected chi connectivity index (χ2v) is 5.61. The summed E-state index contributed by atoms with van der Waals surface area (Å²) in [5.74, 6) is 0.544. The summed E-state index contributed by atoms with van der Waals surface area (Å²) in [6, 6.07) is 2.95. The molecule has 4 N–H and O–H groups in total. The molecule has 0 amide bonds. The number of nitrogen functional groups attached to an aromatic ring is 2. The van der Waals surface area contributed by atoms with Crippen LogP contribution in [0.4, 0.5) is 26.4 Å². The highest BCUT2D eigenvalue weighted by molar-refractivity contribution is 5.88. The van der Waals surface area contributed by atoms with Gasteiger partial charge in [0.05, 0.1) is 24.2 Å². The number of aromatic nitrogens is 5. The zero-order chi connectivity index (χ0) is 18.1. The van der Waals surface area contributed by atoms with Gasteiger partial charge in [0.2, 0.25) is 5.95 Å². The molecule has 3 heterocycles. The van der Waals surface area contributed by atoms with E-state index in [-0.39, 0.29) is 17.6 Å². The molecule has 1 atom stereocenters. The highest BCUT2D eigenvalue weighted by atomic mass is 19.3. The summed E-state index contributed by atoms with van der Waals surface area (Å²) < 4.78 is 28.1. The van der Waals surface area contributed by atoms with Crippen LogP contribution in [0.2, 0.25) is 0 Å². The topological polar surface area (TPSA) is 112 Å². The molecule has 8 nitrogen and oxygen atoms in total. The Morgan fingerprint density at radius 2 is 2.04 bits per heavy atom. The van der Waals surface area contributed by atoms with Crippen molar-refractivity contribution in [1.29, 1.82) is 0 Å². The predicted molar refractivity (Wildman–Crippen MR) is 91.1 cm³/mol. The minimum atomic E-state index is -2.58. The van der Waals surface area contributed by atoms with Crippen molar-refractivity contribution in [2.45, 2.75) is 19.4 Å². The van der Waals surface area contributed by atoms with Crippen LogP contribution in [-0.2, 0) is 7.05 Å². The molecule has 3 aromatic rings. The molecule has 3 aromatic heterocycles. The van der Waals surface area contributed by atoms with Crippen molar-refractivity contribution in [3.05, 3.63) is 30.1 Å². The Labute approximate surface area is 142 Å². The van der Waals surface area contributed by atoms with Crippen molar-refractivity contribution in [3.8, 4) is 0 Å². The minimum Gasteiger partial charge on any atom is -0.383 e. The third-order valence-electron chi connectivity index (χ3n) is 3.98. The fraction of sp³-hybridized carbons (Fsp3) is 0.333. The van der Waals surface area contributed by atoms with E-state index in [0.29, 0.717) is 16.6 Å². The highest BCUT2D eigenvalue weighted by Crippen LogP contribution is 2.33. The first-order valence-corrected chi connectivity index (χ1v) is 7.59. The van der Waals surface area contributed by atoms with Gasteiger partial charge in [-0.25, -0.2) is 13.8 Å². The fourth-order valence-corrected chi connectivity index (χ4v) is 2.77. The number of fused-ring (bicyclic) bond motifs is 1. The Bertz CT molecular complexity index is 894. The molecule has 3 rings (SSSR count). The van der Waals surface area contributed by atoms with E-state index in [9.17, 15) is 8.78 Å². The Balaban J connectivity index is 2.15.